The lowest BCUT2D eigenvalue weighted by atomic mass is 10.0. The number of aryl methyl sites for hydroxylation is 2. The van der Waals surface area contributed by atoms with Crippen LogP contribution in [0.5, 0.6) is 0 Å². The number of hydrogen-bond donors (Lipinski definition) is 1. The summed E-state index contributed by atoms with van der Waals surface area (Å²) in [6.45, 7) is 4.18. The van der Waals surface area contributed by atoms with Crippen molar-refractivity contribution in [1.82, 2.24) is 0 Å². The number of amides is 1. The van der Waals surface area contributed by atoms with E-state index in [9.17, 15) is 4.79 Å². The molecule has 0 atom stereocenters. The summed E-state index contributed by atoms with van der Waals surface area (Å²) >= 11 is 0. The first-order valence-electron chi connectivity index (χ1n) is 7.63. The van der Waals surface area contributed by atoms with Gasteiger partial charge in [0, 0.05) is 11.1 Å². The number of carbonyl (C=O) groups excluding carboxylic acids is 1. The van der Waals surface area contributed by atoms with Gasteiger partial charge in [0.15, 0.2) is 5.76 Å². The predicted octanol–water partition coefficient (Wildman–Crippen LogP) is 4.81. The van der Waals surface area contributed by atoms with Gasteiger partial charge in [0.05, 0.1) is 0 Å². The van der Waals surface area contributed by atoms with Crippen molar-refractivity contribution in [2.75, 3.05) is 5.32 Å². The molecule has 1 N–H and O–H groups in total. The molecule has 0 saturated heterocycles. The van der Waals surface area contributed by atoms with E-state index in [1.807, 2.05) is 42.5 Å². The lowest BCUT2D eigenvalue weighted by Gasteiger charge is -2.13. The molecule has 0 spiro atoms. The van der Waals surface area contributed by atoms with Crippen molar-refractivity contribution >= 4 is 22.6 Å². The van der Waals surface area contributed by atoms with Crippen LogP contribution in [0.2, 0.25) is 0 Å². The molecule has 1 heterocycles. The summed E-state index contributed by atoms with van der Waals surface area (Å²) in [5, 5.41) is 3.96. The van der Waals surface area contributed by atoms with Crippen LogP contribution in [0.1, 0.15) is 35.5 Å². The molecule has 112 valence electrons. The fourth-order valence-electron chi connectivity index (χ4n) is 2.67. The second-order valence-corrected chi connectivity index (χ2v) is 5.26. The van der Waals surface area contributed by atoms with Gasteiger partial charge in [-0.2, -0.15) is 0 Å². The molecule has 0 saturated carbocycles. The van der Waals surface area contributed by atoms with Gasteiger partial charge in [0.2, 0.25) is 0 Å². The van der Waals surface area contributed by atoms with Gasteiger partial charge in [-0.05, 0) is 36.1 Å². The zero-order valence-corrected chi connectivity index (χ0v) is 12.8. The van der Waals surface area contributed by atoms with Crippen molar-refractivity contribution in [2.45, 2.75) is 26.7 Å². The van der Waals surface area contributed by atoms with Gasteiger partial charge in [-0.25, -0.2) is 0 Å². The molecule has 3 rings (SSSR count). The minimum absolute atomic E-state index is 0.202. The minimum atomic E-state index is -0.202. The lowest BCUT2D eigenvalue weighted by Crippen LogP contribution is -2.14. The first-order valence-corrected chi connectivity index (χ1v) is 7.63. The van der Waals surface area contributed by atoms with E-state index < -0.39 is 0 Å². The Labute approximate surface area is 130 Å². The van der Waals surface area contributed by atoms with Gasteiger partial charge in [0.1, 0.15) is 5.58 Å². The lowest BCUT2D eigenvalue weighted by molar-refractivity contribution is 0.0998. The van der Waals surface area contributed by atoms with Crippen molar-refractivity contribution in [1.29, 1.82) is 0 Å². The van der Waals surface area contributed by atoms with Crippen molar-refractivity contribution in [2.24, 2.45) is 0 Å². The maximum Gasteiger partial charge on any atom is 0.291 e. The van der Waals surface area contributed by atoms with Gasteiger partial charge in [-0.1, -0.05) is 50.2 Å². The van der Waals surface area contributed by atoms with E-state index in [0.29, 0.717) is 5.76 Å². The van der Waals surface area contributed by atoms with Crippen molar-refractivity contribution in [3.8, 4) is 0 Å². The van der Waals surface area contributed by atoms with E-state index in [1.54, 1.807) is 6.07 Å². The minimum Gasteiger partial charge on any atom is -0.451 e. The number of rotatable bonds is 4. The number of carbonyl (C=O) groups is 1. The topological polar surface area (TPSA) is 42.2 Å². The molecule has 1 aromatic heterocycles. The largest absolute Gasteiger partial charge is 0.451 e. The number of anilines is 1. The van der Waals surface area contributed by atoms with Crippen LogP contribution in [-0.4, -0.2) is 5.91 Å². The summed E-state index contributed by atoms with van der Waals surface area (Å²) in [6.07, 6.45) is 1.76. The molecule has 2 aromatic carbocycles. The Bertz CT molecular complexity index is 762. The first-order chi connectivity index (χ1) is 10.7. The number of benzene rings is 2. The monoisotopic (exact) mass is 293 g/mol. The highest BCUT2D eigenvalue weighted by Crippen LogP contribution is 2.25. The van der Waals surface area contributed by atoms with Gasteiger partial charge in [-0.3, -0.25) is 4.79 Å². The Kier molecular flexibility index (Phi) is 3.96. The molecule has 0 unspecified atom stereocenters. The Morgan fingerprint density at radius 3 is 2.32 bits per heavy atom. The summed E-state index contributed by atoms with van der Waals surface area (Å²) in [7, 11) is 0. The molecule has 0 aliphatic carbocycles. The second-order valence-electron chi connectivity index (χ2n) is 5.26. The van der Waals surface area contributed by atoms with Crippen molar-refractivity contribution in [3.63, 3.8) is 0 Å². The van der Waals surface area contributed by atoms with E-state index in [-0.39, 0.29) is 5.91 Å². The van der Waals surface area contributed by atoms with Crippen LogP contribution in [0.15, 0.2) is 52.9 Å². The highest BCUT2D eigenvalue weighted by molar-refractivity contribution is 6.05. The number of hydrogen-bond acceptors (Lipinski definition) is 2. The highest BCUT2D eigenvalue weighted by atomic mass is 16.3. The predicted molar refractivity (Wildman–Crippen MR) is 89.4 cm³/mol. The Hall–Kier alpha value is -2.55. The molecule has 3 nitrogen and oxygen atoms in total. The van der Waals surface area contributed by atoms with Crippen molar-refractivity contribution < 1.29 is 9.21 Å². The average Bonchev–Trinajstić information content (AvgIpc) is 2.99. The SMILES string of the molecule is CCc1cccc(CC)c1NC(=O)c1cc2ccccc2o1. The summed E-state index contributed by atoms with van der Waals surface area (Å²) in [4.78, 5) is 12.5. The maximum absolute atomic E-state index is 12.5. The van der Waals surface area contributed by atoms with Crippen LogP contribution in [-0.2, 0) is 12.8 Å². The standard InChI is InChI=1S/C19H19NO2/c1-3-13-9-7-10-14(4-2)18(13)20-19(21)17-12-15-8-5-6-11-16(15)22-17/h5-12H,3-4H2,1-2H3,(H,20,21). The van der Waals surface area contributed by atoms with Gasteiger partial charge in [0.25, 0.3) is 5.91 Å². The van der Waals surface area contributed by atoms with Gasteiger partial charge < -0.3 is 9.73 Å². The van der Waals surface area contributed by atoms with E-state index in [4.69, 9.17) is 4.42 Å². The molecular formula is C19H19NO2. The van der Waals surface area contributed by atoms with E-state index in [2.05, 4.69) is 19.2 Å². The second kappa shape index (κ2) is 6.06. The summed E-state index contributed by atoms with van der Waals surface area (Å²) in [5.41, 5.74) is 3.93. The van der Waals surface area contributed by atoms with Crippen LogP contribution < -0.4 is 5.32 Å². The third-order valence-corrected chi connectivity index (χ3v) is 3.89. The van der Waals surface area contributed by atoms with E-state index >= 15 is 0 Å². The van der Waals surface area contributed by atoms with Crippen LogP contribution in [0, 0.1) is 0 Å². The number of fused-ring (bicyclic) bond motifs is 1. The van der Waals surface area contributed by atoms with Gasteiger partial charge >= 0.3 is 0 Å². The molecule has 3 heteroatoms. The van der Waals surface area contributed by atoms with Crippen LogP contribution in [0.4, 0.5) is 5.69 Å². The third-order valence-electron chi connectivity index (χ3n) is 3.89. The normalized spacial score (nSPS) is 10.8. The molecular weight excluding hydrogens is 274 g/mol. The van der Waals surface area contributed by atoms with E-state index in [0.717, 1.165) is 40.6 Å². The average molecular weight is 293 g/mol. The summed E-state index contributed by atoms with van der Waals surface area (Å²) < 4.78 is 5.64. The fourth-order valence-corrected chi connectivity index (χ4v) is 2.67. The Morgan fingerprint density at radius 2 is 1.68 bits per heavy atom. The smallest absolute Gasteiger partial charge is 0.291 e. The van der Waals surface area contributed by atoms with E-state index in [1.165, 1.54) is 0 Å². The maximum atomic E-state index is 12.5. The van der Waals surface area contributed by atoms with Crippen LogP contribution in [0.3, 0.4) is 0 Å². The van der Waals surface area contributed by atoms with Crippen LogP contribution in [0.25, 0.3) is 11.0 Å². The molecule has 0 bridgehead atoms. The fraction of sp³-hybridized carbons (Fsp3) is 0.211. The summed E-state index contributed by atoms with van der Waals surface area (Å²) in [5.74, 6) is 0.140. The molecule has 0 aliphatic rings. The molecule has 0 aliphatic heterocycles. The Morgan fingerprint density at radius 1 is 1.00 bits per heavy atom. The number of furan rings is 1. The quantitative estimate of drug-likeness (QED) is 0.750. The molecule has 0 radical (unpaired) electrons. The number of para-hydroxylation sites is 2. The molecule has 0 fully saturated rings. The van der Waals surface area contributed by atoms with Crippen LogP contribution >= 0.6 is 0 Å². The third kappa shape index (κ3) is 2.62. The molecule has 22 heavy (non-hydrogen) atoms. The molecule has 1 amide bonds. The first kappa shape index (κ1) is 14.4. The zero-order chi connectivity index (χ0) is 15.5. The summed E-state index contributed by atoms with van der Waals surface area (Å²) in [6, 6.07) is 15.5. The van der Waals surface area contributed by atoms with Gasteiger partial charge in [-0.15, -0.1) is 0 Å². The zero-order valence-electron chi connectivity index (χ0n) is 12.8. The molecule has 3 aromatic rings. The number of nitrogens with one attached hydrogen (secondary N) is 1. The highest BCUT2D eigenvalue weighted by Gasteiger charge is 2.15. The Balaban J connectivity index is 1.94. The van der Waals surface area contributed by atoms with Crippen molar-refractivity contribution in [3.05, 3.63) is 65.4 Å².